The van der Waals surface area contributed by atoms with Crippen molar-refractivity contribution in [1.82, 2.24) is 10.2 Å². The minimum Gasteiger partial charge on any atom is -0.312 e. The smallest absolute Gasteiger partial charge is 0.0431 e. The van der Waals surface area contributed by atoms with E-state index in [1.165, 1.54) is 0 Å². The van der Waals surface area contributed by atoms with Crippen LogP contribution in [0.4, 0.5) is 0 Å². The number of rotatable bonds is 6. The van der Waals surface area contributed by atoms with E-state index < -0.39 is 0 Å². The SMILES string of the molecule is C=CC(NC)C(CC)(CC)N(C)C. The first kappa shape index (κ1) is 12.7. The fraction of sp³-hybridized carbons (Fsp3) is 0.818. The quantitative estimate of drug-likeness (QED) is 0.634. The van der Waals surface area contributed by atoms with E-state index in [-0.39, 0.29) is 5.54 Å². The maximum absolute atomic E-state index is 3.89. The summed E-state index contributed by atoms with van der Waals surface area (Å²) in [6.45, 7) is 8.35. The van der Waals surface area contributed by atoms with Gasteiger partial charge in [-0.05, 0) is 34.0 Å². The van der Waals surface area contributed by atoms with Crippen LogP contribution >= 0.6 is 0 Å². The lowest BCUT2D eigenvalue weighted by Gasteiger charge is -2.43. The van der Waals surface area contributed by atoms with E-state index in [4.69, 9.17) is 0 Å². The van der Waals surface area contributed by atoms with Crippen molar-refractivity contribution in [3.8, 4) is 0 Å². The Labute approximate surface area is 83.0 Å². The number of nitrogens with zero attached hydrogens (tertiary/aromatic N) is 1. The molecule has 1 N–H and O–H groups in total. The highest BCUT2D eigenvalue weighted by molar-refractivity contribution is 5.04. The Hall–Kier alpha value is -0.340. The van der Waals surface area contributed by atoms with Gasteiger partial charge in [-0.15, -0.1) is 6.58 Å². The van der Waals surface area contributed by atoms with Gasteiger partial charge in [-0.1, -0.05) is 19.9 Å². The molecule has 0 aliphatic rings. The molecule has 0 fully saturated rings. The van der Waals surface area contributed by atoms with Gasteiger partial charge >= 0.3 is 0 Å². The number of nitrogens with one attached hydrogen (secondary N) is 1. The molecular formula is C11H24N2. The summed E-state index contributed by atoms with van der Waals surface area (Å²) < 4.78 is 0. The zero-order valence-corrected chi connectivity index (χ0v) is 9.72. The van der Waals surface area contributed by atoms with Crippen LogP contribution in [-0.4, -0.2) is 37.6 Å². The van der Waals surface area contributed by atoms with Crippen LogP contribution in [0, 0.1) is 0 Å². The molecule has 0 amide bonds. The molecule has 0 aromatic carbocycles. The molecule has 0 spiro atoms. The van der Waals surface area contributed by atoms with Crippen molar-refractivity contribution in [2.24, 2.45) is 0 Å². The van der Waals surface area contributed by atoms with Crippen molar-refractivity contribution in [3.63, 3.8) is 0 Å². The lowest BCUT2D eigenvalue weighted by atomic mass is 9.83. The molecule has 13 heavy (non-hydrogen) atoms. The maximum atomic E-state index is 3.89. The largest absolute Gasteiger partial charge is 0.312 e. The molecule has 1 atom stereocenters. The summed E-state index contributed by atoms with van der Waals surface area (Å²) in [5.74, 6) is 0. The maximum Gasteiger partial charge on any atom is 0.0431 e. The third-order valence-corrected chi connectivity index (χ3v) is 3.24. The summed E-state index contributed by atoms with van der Waals surface area (Å²) in [6, 6.07) is 0.359. The van der Waals surface area contributed by atoms with Crippen LogP contribution in [0.3, 0.4) is 0 Å². The highest BCUT2D eigenvalue weighted by atomic mass is 15.2. The van der Waals surface area contributed by atoms with Gasteiger partial charge in [0.25, 0.3) is 0 Å². The van der Waals surface area contributed by atoms with Gasteiger partial charge in [0.05, 0.1) is 0 Å². The topological polar surface area (TPSA) is 15.3 Å². The summed E-state index contributed by atoms with van der Waals surface area (Å²) >= 11 is 0. The molecule has 0 rings (SSSR count). The summed E-state index contributed by atoms with van der Waals surface area (Å²) in [4.78, 5) is 2.30. The number of likely N-dealkylation sites (N-methyl/N-ethyl adjacent to an activating group) is 2. The Morgan fingerprint density at radius 1 is 1.38 bits per heavy atom. The monoisotopic (exact) mass is 184 g/mol. The lowest BCUT2D eigenvalue weighted by molar-refractivity contribution is 0.111. The highest BCUT2D eigenvalue weighted by Crippen LogP contribution is 2.26. The first-order valence-electron chi connectivity index (χ1n) is 5.06. The minimum atomic E-state index is 0.205. The predicted octanol–water partition coefficient (Wildman–Crippen LogP) is 1.88. The van der Waals surface area contributed by atoms with Gasteiger partial charge in [0.2, 0.25) is 0 Å². The number of hydrogen-bond donors (Lipinski definition) is 1. The van der Waals surface area contributed by atoms with Crippen LogP contribution in [0.2, 0.25) is 0 Å². The molecule has 0 aliphatic carbocycles. The van der Waals surface area contributed by atoms with E-state index in [1.54, 1.807) is 0 Å². The van der Waals surface area contributed by atoms with Gasteiger partial charge in [-0.2, -0.15) is 0 Å². The van der Waals surface area contributed by atoms with Crippen molar-refractivity contribution in [1.29, 1.82) is 0 Å². The van der Waals surface area contributed by atoms with Crippen molar-refractivity contribution in [3.05, 3.63) is 12.7 Å². The summed E-state index contributed by atoms with van der Waals surface area (Å²) in [7, 11) is 6.28. The van der Waals surface area contributed by atoms with Crippen molar-refractivity contribution >= 4 is 0 Å². The summed E-state index contributed by atoms with van der Waals surface area (Å²) in [5.41, 5.74) is 0.205. The van der Waals surface area contributed by atoms with Crippen LogP contribution in [0.15, 0.2) is 12.7 Å². The molecule has 0 heterocycles. The second kappa shape index (κ2) is 5.40. The summed E-state index contributed by atoms with van der Waals surface area (Å²) in [6.07, 6.45) is 4.27. The van der Waals surface area contributed by atoms with Gasteiger partial charge in [0.1, 0.15) is 0 Å². The third kappa shape index (κ3) is 2.32. The second-order valence-electron chi connectivity index (χ2n) is 3.71. The Bertz CT molecular complexity index is 148. The second-order valence-corrected chi connectivity index (χ2v) is 3.71. The molecule has 2 nitrogen and oxygen atoms in total. The van der Waals surface area contributed by atoms with Crippen molar-refractivity contribution < 1.29 is 0 Å². The molecule has 0 bridgehead atoms. The Morgan fingerprint density at radius 2 is 1.85 bits per heavy atom. The molecule has 0 saturated heterocycles. The van der Waals surface area contributed by atoms with Gasteiger partial charge in [-0.25, -0.2) is 0 Å². The minimum absolute atomic E-state index is 0.205. The molecule has 0 aromatic rings. The van der Waals surface area contributed by atoms with E-state index in [2.05, 4.69) is 44.7 Å². The van der Waals surface area contributed by atoms with Gasteiger partial charge in [0.15, 0.2) is 0 Å². The molecule has 0 aromatic heterocycles. The zero-order chi connectivity index (χ0) is 10.5. The predicted molar refractivity (Wildman–Crippen MR) is 60.0 cm³/mol. The Kier molecular flexibility index (Phi) is 5.26. The normalized spacial score (nSPS) is 14.6. The number of hydrogen-bond acceptors (Lipinski definition) is 2. The van der Waals surface area contributed by atoms with Crippen molar-refractivity contribution in [2.75, 3.05) is 21.1 Å². The van der Waals surface area contributed by atoms with E-state index in [0.29, 0.717) is 6.04 Å². The third-order valence-electron chi connectivity index (χ3n) is 3.24. The van der Waals surface area contributed by atoms with Crippen LogP contribution in [0.1, 0.15) is 26.7 Å². The fourth-order valence-electron chi connectivity index (χ4n) is 2.21. The molecule has 78 valence electrons. The molecule has 1 unspecified atom stereocenters. The van der Waals surface area contributed by atoms with Gasteiger partial charge in [0, 0.05) is 11.6 Å². The molecular weight excluding hydrogens is 160 g/mol. The molecule has 2 heteroatoms. The van der Waals surface area contributed by atoms with Crippen LogP contribution in [0.5, 0.6) is 0 Å². The molecule has 0 saturated carbocycles. The average Bonchev–Trinajstić information content (AvgIpc) is 2.13. The van der Waals surface area contributed by atoms with Crippen LogP contribution in [0.25, 0.3) is 0 Å². The van der Waals surface area contributed by atoms with Crippen LogP contribution in [-0.2, 0) is 0 Å². The zero-order valence-electron chi connectivity index (χ0n) is 9.72. The van der Waals surface area contributed by atoms with Crippen molar-refractivity contribution in [2.45, 2.75) is 38.3 Å². The first-order valence-corrected chi connectivity index (χ1v) is 5.06. The van der Waals surface area contributed by atoms with E-state index >= 15 is 0 Å². The van der Waals surface area contributed by atoms with E-state index in [0.717, 1.165) is 12.8 Å². The van der Waals surface area contributed by atoms with Gasteiger partial charge < -0.3 is 10.2 Å². The first-order chi connectivity index (χ1) is 6.08. The Balaban J connectivity index is 4.82. The van der Waals surface area contributed by atoms with Gasteiger partial charge in [-0.3, -0.25) is 0 Å². The van der Waals surface area contributed by atoms with Crippen LogP contribution < -0.4 is 5.32 Å². The highest BCUT2D eigenvalue weighted by Gasteiger charge is 2.34. The molecule has 0 radical (unpaired) electrons. The fourth-order valence-corrected chi connectivity index (χ4v) is 2.21. The standard InChI is InChI=1S/C11H24N2/c1-7-10(12-4)11(8-2,9-3)13(5)6/h7,10,12H,1,8-9H2,2-6H3. The lowest BCUT2D eigenvalue weighted by Crippen LogP contribution is -2.56. The average molecular weight is 184 g/mol. The molecule has 0 aliphatic heterocycles. The Morgan fingerprint density at radius 3 is 1.92 bits per heavy atom. The van der Waals surface area contributed by atoms with E-state index in [1.807, 2.05) is 13.1 Å². The van der Waals surface area contributed by atoms with E-state index in [9.17, 15) is 0 Å². The summed E-state index contributed by atoms with van der Waals surface area (Å²) in [5, 5.41) is 3.32.